The maximum atomic E-state index is 13.9. The summed E-state index contributed by atoms with van der Waals surface area (Å²) in [4.78, 5) is 49.8. The van der Waals surface area contributed by atoms with Gasteiger partial charge in [0.2, 0.25) is 5.91 Å². The van der Waals surface area contributed by atoms with Crippen LogP contribution in [0.5, 0.6) is 5.75 Å². The van der Waals surface area contributed by atoms with Crippen LogP contribution in [0.1, 0.15) is 59.2 Å². The monoisotopic (exact) mass is 582 g/mol. The number of carbonyl (C=O) groups is 3. The first kappa shape index (κ1) is 28.9. The molecule has 9 nitrogen and oxygen atoms in total. The largest absolute Gasteiger partial charge is 0.493 e. The molecule has 0 radical (unpaired) electrons. The van der Waals surface area contributed by atoms with Gasteiger partial charge in [0.25, 0.3) is 5.91 Å². The Bertz CT molecular complexity index is 1500. The van der Waals surface area contributed by atoms with Crippen molar-refractivity contribution in [2.75, 3.05) is 37.7 Å². The maximum Gasteiger partial charge on any atom is 0.308 e. The fourth-order valence-electron chi connectivity index (χ4n) is 6.90. The number of likely N-dealkylation sites (tertiary alicyclic amines) is 1. The van der Waals surface area contributed by atoms with Crippen molar-refractivity contribution in [3.05, 3.63) is 89.2 Å². The molecule has 3 aliphatic rings. The minimum absolute atomic E-state index is 0.0272. The third kappa shape index (κ3) is 5.86. The number of aliphatic carboxylic acids is 1. The van der Waals surface area contributed by atoms with E-state index < -0.39 is 17.9 Å². The zero-order valence-electron chi connectivity index (χ0n) is 24.5. The number of pyridine rings is 1. The molecule has 2 amide bonds. The van der Waals surface area contributed by atoms with E-state index in [1.807, 2.05) is 53.4 Å². The Kier molecular flexibility index (Phi) is 8.42. The van der Waals surface area contributed by atoms with Crippen molar-refractivity contribution in [1.29, 1.82) is 0 Å². The zero-order chi connectivity index (χ0) is 29.9. The fraction of sp³-hybridized carbons (Fsp3) is 0.412. The highest BCUT2D eigenvalue weighted by Gasteiger charge is 2.47. The summed E-state index contributed by atoms with van der Waals surface area (Å²) in [6, 6.07) is 16.9. The molecule has 0 aliphatic carbocycles. The second-order valence-electron chi connectivity index (χ2n) is 11.7. The Morgan fingerprint density at radius 1 is 1.12 bits per heavy atom. The molecule has 1 fully saturated rings. The summed E-state index contributed by atoms with van der Waals surface area (Å²) in [5.74, 6) is -1.16. The molecule has 9 heteroatoms. The Labute approximate surface area is 252 Å². The van der Waals surface area contributed by atoms with Gasteiger partial charge in [0.1, 0.15) is 5.75 Å². The number of benzene rings is 2. The Balaban J connectivity index is 1.28. The zero-order valence-corrected chi connectivity index (χ0v) is 24.5. The number of hydrogen-bond donors (Lipinski definition) is 1. The van der Waals surface area contributed by atoms with Crippen LogP contribution in [0.2, 0.25) is 0 Å². The van der Waals surface area contributed by atoms with E-state index in [0.717, 1.165) is 47.4 Å². The highest BCUT2D eigenvalue weighted by atomic mass is 16.5. The van der Waals surface area contributed by atoms with Gasteiger partial charge in [0.05, 0.1) is 31.0 Å². The summed E-state index contributed by atoms with van der Waals surface area (Å²) >= 11 is 0. The van der Waals surface area contributed by atoms with Crippen LogP contribution in [0.3, 0.4) is 0 Å². The maximum absolute atomic E-state index is 13.9. The van der Waals surface area contributed by atoms with Crippen molar-refractivity contribution in [3.8, 4) is 5.75 Å². The smallest absolute Gasteiger partial charge is 0.308 e. The molecule has 4 heterocycles. The van der Waals surface area contributed by atoms with Gasteiger partial charge in [-0.3, -0.25) is 24.3 Å². The Morgan fingerprint density at radius 2 is 1.98 bits per heavy atom. The number of rotatable bonds is 11. The quantitative estimate of drug-likeness (QED) is 0.358. The topological polar surface area (TPSA) is 103 Å². The number of amides is 2. The predicted molar refractivity (Wildman–Crippen MR) is 162 cm³/mol. The van der Waals surface area contributed by atoms with Crippen molar-refractivity contribution in [1.82, 2.24) is 14.8 Å². The van der Waals surface area contributed by atoms with Crippen molar-refractivity contribution in [3.63, 3.8) is 0 Å². The lowest BCUT2D eigenvalue weighted by Gasteiger charge is -2.30. The van der Waals surface area contributed by atoms with Gasteiger partial charge in [0, 0.05) is 56.3 Å². The number of carboxylic acids is 1. The lowest BCUT2D eigenvalue weighted by molar-refractivity contribution is -0.143. The van der Waals surface area contributed by atoms with Crippen LogP contribution in [0.4, 0.5) is 5.69 Å². The second-order valence-corrected chi connectivity index (χ2v) is 11.7. The van der Waals surface area contributed by atoms with E-state index in [1.165, 1.54) is 0 Å². The molecule has 2 aromatic carbocycles. The van der Waals surface area contributed by atoms with Crippen LogP contribution >= 0.6 is 0 Å². The molecule has 1 saturated heterocycles. The van der Waals surface area contributed by atoms with E-state index >= 15 is 0 Å². The van der Waals surface area contributed by atoms with Crippen LogP contribution in [-0.4, -0.2) is 76.5 Å². The normalized spacial score (nSPS) is 21.0. The first-order chi connectivity index (χ1) is 20.9. The molecule has 0 unspecified atom stereocenters. The average molecular weight is 583 g/mol. The Hall–Kier alpha value is -4.24. The van der Waals surface area contributed by atoms with E-state index in [0.29, 0.717) is 44.8 Å². The number of ether oxygens (including phenoxy) is 1. The van der Waals surface area contributed by atoms with Gasteiger partial charge in [-0.15, -0.1) is 0 Å². The van der Waals surface area contributed by atoms with Crippen molar-refractivity contribution in [2.24, 2.45) is 5.92 Å². The van der Waals surface area contributed by atoms with Crippen LogP contribution in [0, 0.1) is 5.92 Å². The number of anilines is 1. The molecule has 0 spiro atoms. The molecule has 6 rings (SSSR count). The predicted octanol–water partition coefficient (Wildman–Crippen LogP) is 4.36. The molecular formula is C34H38N4O5. The molecule has 3 aliphatic heterocycles. The minimum Gasteiger partial charge on any atom is -0.493 e. The second kappa shape index (κ2) is 12.6. The SMILES string of the molecule is CCCCN(C(=O)CN1C[C@H](c2ccc3c(c2)CCO3)[C@@H](C(=O)O)[C@@H]1CCN1Cc2ccccc2C1=O)c1cccnc1. The number of aromatic nitrogens is 1. The number of nitrogens with zero attached hydrogens (tertiary/aromatic N) is 4. The van der Waals surface area contributed by atoms with Crippen LogP contribution in [-0.2, 0) is 22.6 Å². The van der Waals surface area contributed by atoms with Gasteiger partial charge < -0.3 is 19.6 Å². The number of hydrogen-bond acceptors (Lipinski definition) is 6. The summed E-state index contributed by atoms with van der Waals surface area (Å²) < 4.78 is 5.70. The molecule has 1 aromatic heterocycles. The van der Waals surface area contributed by atoms with Gasteiger partial charge in [-0.05, 0) is 53.8 Å². The lowest BCUT2D eigenvalue weighted by Crippen LogP contribution is -2.45. The third-order valence-electron chi connectivity index (χ3n) is 9.10. The number of unbranched alkanes of at least 4 members (excludes halogenated alkanes) is 1. The van der Waals surface area contributed by atoms with E-state index in [2.05, 4.69) is 18.0 Å². The van der Waals surface area contributed by atoms with Gasteiger partial charge in [-0.25, -0.2) is 0 Å². The van der Waals surface area contributed by atoms with E-state index in [4.69, 9.17) is 4.74 Å². The van der Waals surface area contributed by atoms with Crippen molar-refractivity contribution in [2.45, 2.75) is 51.1 Å². The molecular weight excluding hydrogens is 544 g/mol. The van der Waals surface area contributed by atoms with Crippen molar-refractivity contribution < 1.29 is 24.2 Å². The minimum atomic E-state index is -0.882. The number of carbonyl (C=O) groups excluding carboxylic acids is 2. The highest BCUT2D eigenvalue weighted by molar-refractivity contribution is 5.98. The summed E-state index contributed by atoms with van der Waals surface area (Å²) in [5, 5.41) is 10.6. The lowest BCUT2D eigenvalue weighted by atomic mass is 9.83. The van der Waals surface area contributed by atoms with E-state index in [9.17, 15) is 19.5 Å². The molecule has 3 aromatic rings. The van der Waals surface area contributed by atoms with Gasteiger partial charge in [0.15, 0.2) is 0 Å². The fourth-order valence-corrected chi connectivity index (χ4v) is 6.90. The molecule has 3 atom stereocenters. The average Bonchev–Trinajstić information content (AvgIpc) is 3.72. The molecule has 0 bridgehead atoms. The summed E-state index contributed by atoms with van der Waals surface area (Å²) in [7, 11) is 0. The molecule has 43 heavy (non-hydrogen) atoms. The van der Waals surface area contributed by atoms with E-state index in [-0.39, 0.29) is 24.3 Å². The summed E-state index contributed by atoms with van der Waals surface area (Å²) in [6.45, 7) is 4.74. The Morgan fingerprint density at radius 3 is 2.74 bits per heavy atom. The molecule has 0 saturated carbocycles. The van der Waals surface area contributed by atoms with Crippen LogP contribution in [0.25, 0.3) is 0 Å². The van der Waals surface area contributed by atoms with Crippen LogP contribution < -0.4 is 9.64 Å². The van der Waals surface area contributed by atoms with Crippen molar-refractivity contribution >= 4 is 23.5 Å². The van der Waals surface area contributed by atoms with Gasteiger partial charge in [-0.2, -0.15) is 0 Å². The highest BCUT2D eigenvalue weighted by Crippen LogP contribution is 2.41. The van der Waals surface area contributed by atoms with Gasteiger partial charge >= 0.3 is 5.97 Å². The van der Waals surface area contributed by atoms with E-state index in [1.54, 1.807) is 22.2 Å². The van der Waals surface area contributed by atoms with Crippen LogP contribution in [0.15, 0.2) is 67.0 Å². The number of fused-ring (bicyclic) bond motifs is 2. The molecule has 1 N–H and O–H groups in total. The standard InChI is InChI=1S/C34H38N4O5/c1-2-3-15-38(26-8-6-14-35-19-26)31(39)22-37-21-28(23-10-11-30-24(18-23)13-17-43-30)32(34(41)42)29(37)12-16-36-20-25-7-4-5-9-27(25)33(36)40/h4-11,14,18-19,28-29,32H,2-3,12-13,15-17,20-22H2,1H3,(H,41,42)/t28-,29+,32-/m1/s1. The summed E-state index contributed by atoms with van der Waals surface area (Å²) in [6.07, 6.45) is 6.42. The molecule has 224 valence electrons. The third-order valence-corrected chi connectivity index (χ3v) is 9.10. The number of carboxylic acid groups (broad SMARTS) is 1. The first-order valence-electron chi connectivity index (χ1n) is 15.2. The van der Waals surface area contributed by atoms with Gasteiger partial charge in [-0.1, -0.05) is 43.7 Å². The first-order valence-corrected chi connectivity index (χ1v) is 15.2. The summed E-state index contributed by atoms with van der Waals surface area (Å²) in [5.41, 5.74) is 4.48.